The molecule has 0 aromatic heterocycles. The maximum absolute atomic E-state index is 11.0. The number of hydrogen-bond acceptors (Lipinski definition) is 4. The van der Waals surface area contributed by atoms with Crippen molar-refractivity contribution in [2.24, 2.45) is 5.41 Å². The lowest BCUT2D eigenvalue weighted by molar-refractivity contribution is 0.0305. The zero-order valence-electron chi connectivity index (χ0n) is 13.1. The Bertz CT molecular complexity index is 485. The van der Waals surface area contributed by atoms with E-state index in [2.05, 4.69) is 10.2 Å². The minimum absolute atomic E-state index is 0. The fourth-order valence-electron chi connectivity index (χ4n) is 2.99. The highest BCUT2D eigenvalue weighted by Crippen LogP contribution is 2.38. The van der Waals surface area contributed by atoms with Crippen LogP contribution in [0.15, 0.2) is 24.3 Å². The number of carboxylic acids is 1. The monoisotopic (exact) mass is 328 g/mol. The molecule has 0 amide bonds. The normalized spacial score (nSPS) is 17.6. The molecule has 124 valence electrons. The Labute approximate surface area is 137 Å². The molecule has 0 aliphatic carbocycles. The van der Waals surface area contributed by atoms with E-state index in [1.54, 1.807) is 12.1 Å². The lowest BCUT2D eigenvalue weighted by atomic mass is 9.79. The van der Waals surface area contributed by atoms with Crippen LogP contribution in [0.4, 0.5) is 0 Å². The average molecular weight is 329 g/mol. The zero-order valence-corrected chi connectivity index (χ0v) is 13.9. The summed E-state index contributed by atoms with van der Waals surface area (Å²) in [7, 11) is 0. The molecule has 3 N–H and O–H groups in total. The van der Waals surface area contributed by atoms with Crippen molar-refractivity contribution in [3.05, 3.63) is 35.4 Å². The number of hydrogen-bond donors (Lipinski definition) is 3. The molecule has 6 heteroatoms. The summed E-state index contributed by atoms with van der Waals surface area (Å²) in [4.78, 5) is 13.3. The van der Waals surface area contributed by atoms with E-state index in [1.165, 1.54) is 0 Å². The molecule has 1 aliphatic rings. The van der Waals surface area contributed by atoms with E-state index >= 15 is 0 Å². The van der Waals surface area contributed by atoms with Crippen LogP contribution in [0.5, 0.6) is 0 Å². The van der Waals surface area contributed by atoms with Crippen molar-refractivity contribution < 1.29 is 15.0 Å². The maximum Gasteiger partial charge on any atom is 0.335 e. The molecule has 1 atom stereocenters. The van der Waals surface area contributed by atoms with Crippen molar-refractivity contribution >= 4 is 18.4 Å². The van der Waals surface area contributed by atoms with Crippen LogP contribution in [0.25, 0.3) is 0 Å². The molecule has 0 radical (unpaired) electrons. The Kier molecular flexibility index (Phi) is 6.81. The highest BCUT2D eigenvalue weighted by Gasteiger charge is 2.35. The van der Waals surface area contributed by atoms with Crippen LogP contribution in [-0.2, 0) is 0 Å². The van der Waals surface area contributed by atoms with Gasteiger partial charge in [-0.05, 0) is 17.7 Å². The van der Waals surface area contributed by atoms with Crippen LogP contribution in [0.3, 0.4) is 0 Å². The molecular formula is C16H25ClN2O3. The van der Waals surface area contributed by atoms with E-state index < -0.39 is 5.97 Å². The second-order valence-electron chi connectivity index (χ2n) is 6.26. The first-order valence-electron chi connectivity index (χ1n) is 7.34. The van der Waals surface area contributed by atoms with Crippen LogP contribution < -0.4 is 5.32 Å². The largest absolute Gasteiger partial charge is 0.478 e. The topological polar surface area (TPSA) is 72.8 Å². The summed E-state index contributed by atoms with van der Waals surface area (Å²) < 4.78 is 0. The van der Waals surface area contributed by atoms with Gasteiger partial charge >= 0.3 is 5.97 Å². The molecule has 0 saturated carbocycles. The fourth-order valence-corrected chi connectivity index (χ4v) is 2.99. The molecule has 0 bridgehead atoms. The maximum atomic E-state index is 11.0. The second-order valence-corrected chi connectivity index (χ2v) is 6.26. The van der Waals surface area contributed by atoms with Gasteiger partial charge in [0.25, 0.3) is 0 Å². The van der Waals surface area contributed by atoms with Gasteiger partial charge in [0, 0.05) is 44.2 Å². The fraction of sp³-hybridized carbons (Fsp3) is 0.562. The third-order valence-corrected chi connectivity index (χ3v) is 4.14. The lowest BCUT2D eigenvalue weighted by Gasteiger charge is -2.43. The number of carbonyl (C=O) groups is 1. The standard InChI is InChI=1S/C16H24N2O3.ClH/c1-16(2,11-19)14(18-9-7-17-8-10-18)12-3-5-13(6-4-12)15(20)21;/h3-6,14,17,19H,7-11H2,1-2H3,(H,20,21);1H/t14-;/m1./s1. The highest BCUT2D eigenvalue weighted by atomic mass is 35.5. The van der Waals surface area contributed by atoms with Crippen molar-refractivity contribution in [1.82, 2.24) is 10.2 Å². The molecule has 5 nitrogen and oxygen atoms in total. The van der Waals surface area contributed by atoms with Gasteiger partial charge in [-0.15, -0.1) is 12.4 Å². The lowest BCUT2D eigenvalue weighted by Crippen LogP contribution is -2.49. The van der Waals surface area contributed by atoms with Crippen LogP contribution >= 0.6 is 12.4 Å². The van der Waals surface area contributed by atoms with E-state index in [0.29, 0.717) is 5.56 Å². The number of aliphatic hydroxyl groups is 1. The summed E-state index contributed by atoms with van der Waals surface area (Å²) in [5.41, 5.74) is 1.06. The molecule has 2 rings (SSSR count). The van der Waals surface area contributed by atoms with Crippen LogP contribution in [0, 0.1) is 5.41 Å². The smallest absolute Gasteiger partial charge is 0.335 e. The Balaban J connectivity index is 0.00000242. The number of carboxylic acid groups (broad SMARTS) is 1. The van der Waals surface area contributed by atoms with Crippen molar-refractivity contribution in [2.45, 2.75) is 19.9 Å². The average Bonchev–Trinajstić information content (AvgIpc) is 2.49. The Morgan fingerprint density at radius 2 is 1.82 bits per heavy atom. The summed E-state index contributed by atoms with van der Waals surface area (Å²) in [5.74, 6) is -0.915. The molecule has 1 aromatic carbocycles. The number of halogens is 1. The van der Waals surface area contributed by atoms with E-state index in [1.807, 2.05) is 26.0 Å². The van der Waals surface area contributed by atoms with E-state index in [4.69, 9.17) is 5.11 Å². The predicted octanol–water partition coefficient (Wildman–Crippen LogP) is 1.77. The Morgan fingerprint density at radius 3 is 2.27 bits per heavy atom. The van der Waals surface area contributed by atoms with Gasteiger partial charge in [0.1, 0.15) is 0 Å². The molecule has 0 spiro atoms. The number of aromatic carboxylic acids is 1. The number of piperazine rings is 1. The molecule has 1 fully saturated rings. The molecular weight excluding hydrogens is 304 g/mol. The summed E-state index contributed by atoms with van der Waals surface area (Å²) in [6.07, 6.45) is 0. The third-order valence-electron chi connectivity index (χ3n) is 4.14. The SMILES string of the molecule is CC(C)(CO)[C@@H](c1ccc(C(=O)O)cc1)N1CCNCC1.Cl. The molecule has 1 saturated heterocycles. The third kappa shape index (κ3) is 4.20. The first-order chi connectivity index (χ1) is 9.95. The van der Waals surface area contributed by atoms with Gasteiger partial charge in [0.2, 0.25) is 0 Å². The van der Waals surface area contributed by atoms with E-state index in [-0.39, 0.29) is 30.5 Å². The predicted molar refractivity (Wildman–Crippen MR) is 88.7 cm³/mol. The summed E-state index contributed by atoms with van der Waals surface area (Å²) in [6, 6.07) is 7.09. The van der Waals surface area contributed by atoms with Gasteiger partial charge in [0.15, 0.2) is 0 Å². The van der Waals surface area contributed by atoms with E-state index in [9.17, 15) is 9.90 Å². The molecule has 0 unspecified atom stereocenters. The van der Waals surface area contributed by atoms with Crippen LogP contribution in [0.1, 0.15) is 35.8 Å². The van der Waals surface area contributed by atoms with Crippen molar-refractivity contribution in [3.63, 3.8) is 0 Å². The Hall–Kier alpha value is -1.14. The summed E-state index contributed by atoms with van der Waals surface area (Å²) in [5, 5.41) is 22.1. The molecule has 1 heterocycles. The van der Waals surface area contributed by atoms with Crippen molar-refractivity contribution in [1.29, 1.82) is 0 Å². The van der Waals surface area contributed by atoms with Gasteiger partial charge in [-0.3, -0.25) is 4.90 Å². The molecule has 22 heavy (non-hydrogen) atoms. The number of nitrogens with one attached hydrogen (secondary N) is 1. The highest BCUT2D eigenvalue weighted by molar-refractivity contribution is 5.87. The summed E-state index contributed by atoms with van der Waals surface area (Å²) >= 11 is 0. The number of rotatable bonds is 5. The minimum Gasteiger partial charge on any atom is -0.478 e. The van der Waals surface area contributed by atoms with Gasteiger partial charge < -0.3 is 15.5 Å². The number of nitrogens with zero attached hydrogens (tertiary/aromatic N) is 1. The Morgan fingerprint density at radius 1 is 1.27 bits per heavy atom. The van der Waals surface area contributed by atoms with Crippen molar-refractivity contribution in [2.75, 3.05) is 32.8 Å². The van der Waals surface area contributed by atoms with Gasteiger partial charge in [0.05, 0.1) is 5.56 Å². The first-order valence-corrected chi connectivity index (χ1v) is 7.34. The molecule has 1 aromatic rings. The van der Waals surface area contributed by atoms with Crippen LogP contribution in [-0.4, -0.2) is 53.9 Å². The van der Waals surface area contributed by atoms with Gasteiger partial charge in [-0.2, -0.15) is 0 Å². The number of aliphatic hydroxyl groups excluding tert-OH is 1. The molecule has 1 aliphatic heterocycles. The van der Waals surface area contributed by atoms with Crippen LogP contribution in [0.2, 0.25) is 0 Å². The first kappa shape index (κ1) is 18.9. The van der Waals surface area contributed by atoms with E-state index in [0.717, 1.165) is 31.7 Å². The second kappa shape index (κ2) is 7.92. The van der Waals surface area contributed by atoms with Gasteiger partial charge in [-0.25, -0.2) is 4.79 Å². The zero-order chi connectivity index (χ0) is 15.5. The summed E-state index contributed by atoms with van der Waals surface area (Å²) in [6.45, 7) is 7.90. The van der Waals surface area contributed by atoms with Crippen molar-refractivity contribution in [3.8, 4) is 0 Å². The van der Waals surface area contributed by atoms with Gasteiger partial charge in [-0.1, -0.05) is 26.0 Å². The number of benzene rings is 1. The minimum atomic E-state index is -0.915. The quantitative estimate of drug-likeness (QED) is 0.768.